The van der Waals surface area contributed by atoms with Gasteiger partial charge in [-0.15, -0.1) is 0 Å². The highest BCUT2D eigenvalue weighted by atomic mass is 19.2. The van der Waals surface area contributed by atoms with Crippen LogP contribution >= 0.6 is 0 Å². The second-order valence-corrected chi connectivity index (χ2v) is 7.20. The molecule has 2 heterocycles. The van der Waals surface area contributed by atoms with Crippen LogP contribution in [0.3, 0.4) is 0 Å². The largest absolute Gasteiger partial charge is 0.487 e. The first-order chi connectivity index (χ1) is 14.6. The van der Waals surface area contributed by atoms with Crippen molar-refractivity contribution in [2.45, 2.75) is 19.4 Å². The molecule has 0 amide bonds. The average Bonchev–Trinajstić information content (AvgIpc) is 2.90. The third kappa shape index (κ3) is 3.30. The van der Waals surface area contributed by atoms with Gasteiger partial charge in [0.2, 0.25) is 0 Å². The molecule has 0 saturated heterocycles. The molecule has 0 unspecified atom stereocenters. The topological polar surface area (TPSA) is 52.1 Å². The summed E-state index contributed by atoms with van der Waals surface area (Å²) < 4.78 is 32.7. The van der Waals surface area contributed by atoms with Crippen LogP contribution in [0.1, 0.15) is 32.9 Å². The van der Waals surface area contributed by atoms with Gasteiger partial charge in [-0.2, -0.15) is 0 Å². The summed E-state index contributed by atoms with van der Waals surface area (Å²) in [5.74, 6) is -1.36. The van der Waals surface area contributed by atoms with Gasteiger partial charge in [-0.05, 0) is 54.8 Å². The third-order valence-electron chi connectivity index (χ3n) is 5.27. The van der Waals surface area contributed by atoms with Gasteiger partial charge in [0.15, 0.2) is 17.4 Å². The fourth-order valence-corrected chi connectivity index (χ4v) is 3.71. The van der Waals surface area contributed by atoms with Crippen LogP contribution < -0.4 is 4.74 Å². The SMILES string of the molecule is O=C1c2cc(OCc3ccc4cc(F)c(F)cc4n3)ccc2CCc2ncccc21. The summed E-state index contributed by atoms with van der Waals surface area (Å²) in [6.45, 7) is 0.139. The number of rotatable bonds is 3. The summed E-state index contributed by atoms with van der Waals surface area (Å²) in [5, 5.41) is 0.514. The van der Waals surface area contributed by atoms with Gasteiger partial charge in [-0.1, -0.05) is 12.1 Å². The van der Waals surface area contributed by atoms with Crippen molar-refractivity contribution in [3.05, 3.63) is 101 Å². The normalized spacial score (nSPS) is 12.9. The zero-order valence-electron chi connectivity index (χ0n) is 15.9. The summed E-state index contributed by atoms with van der Waals surface area (Å²) in [5.41, 5.74) is 3.94. The van der Waals surface area contributed by atoms with E-state index in [1.807, 2.05) is 12.1 Å². The monoisotopic (exact) mass is 402 g/mol. The standard InChI is InChI=1S/C24H16F2N2O2/c25-20-10-15-3-6-16(28-23(15)12-21(20)26)13-30-17-7-4-14-5-8-22-18(2-1-9-27-22)24(29)19(14)11-17/h1-4,6-7,9-12H,5,8,13H2. The minimum Gasteiger partial charge on any atom is -0.487 e. The number of aromatic nitrogens is 2. The quantitative estimate of drug-likeness (QED) is 0.493. The van der Waals surface area contributed by atoms with Gasteiger partial charge in [-0.3, -0.25) is 9.78 Å². The van der Waals surface area contributed by atoms with Crippen molar-refractivity contribution in [3.63, 3.8) is 0 Å². The first-order valence-electron chi connectivity index (χ1n) is 9.57. The summed E-state index contributed by atoms with van der Waals surface area (Å²) in [6, 6.07) is 14.6. The number of hydrogen-bond acceptors (Lipinski definition) is 4. The molecule has 0 atom stereocenters. The Morgan fingerprint density at radius 2 is 1.80 bits per heavy atom. The zero-order chi connectivity index (χ0) is 20.7. The molecule has 0 aliphatic heterocycles. The minimum atomic E-state index is -0.938. The van der Waals surface area contributed by atoms with Gasteiger partial charge in [0.25, 0.3) is 0 Å². The van der Waals surface area contributed by atoms with Crippen molar-refractivity contribution >= 4 is 16.7 Å². The van der Waals surface area contributed by atoms with Crippen LogP contribution in [0.2, 0.25) is 0 Å². The van der Waals surface area contributed by atoms with Crippen molar-refractivity contribution in [3.8, 4) is 5.75 Å². The van der Waals surface area contributed by atoms with Crippen molar-refractivity contribution < 1.29 is 18.3 Å². The molecule has 2 aromatic carbocycles. The Labute approximate surface area is 171 Å². The number of pyridine rings is 2. The molecular formula is C24H16F2N2O2. The van der Waals surface area contributed by atoms with Crippen LogP contribution in [0.5, 0.6) is 5.75 Å². The maximum absolute atomic E-state index is 13.5. The number of ether oxygens (including phenoxy) is 1. The number of ketones is 1. The Hall–Kier alpha value is -3.67. The molecule has 30 heavy (non-hydrogen) atoms. The summed E-state index contributed by atoms with van der Waals surface area (Å²) >= 11 is 0. The molecular weight excluding hydrogens is 386 g/mol. The predicted octanol–water partition coefficient (Wildman–Crippen LogP) is 4.82. The van der Waals surface area contributed by atoms with Crippen LogP contribution in [0.25, 0.3) is 10.9 Å². The molecule has 148 valence electrons. The minimum absolute atomic E-state index is 0.0580. The number of fused-ring (bicyclic) bond motifs is 3. The van der Waals surface area contributed by atoms with E-state index in [1.165, 1.54) is 0 Å². The van der Waals surface area contributed by atoms with Crippen molar-refractivity contribution in [1.29, 1.82) is 0 Å². The van der Waals surface area contributed by atoms with E-state index in [0.29, 0.717) is 39.9 Å². The molecule has 4 aromatic rings. The van der Waals surface area contributed by atoms with E-state index >= 15 is 0 Å². The van der Waals surface area contributed by atoms with Gasteiger partial charge in [0, 0.05) is 28.8 Å². The lowest BCUT2D eigenvalue weighted by Crippen LogP contribution is -2.06. The number of aryl methyl sites for hydroxylation is 2. The van der Waals surface area contributed by atoms with Gasteiger partial charge >= 0.3 is 0 Å². The lowest BCUT2D eigenvalue weighted by atomic mass is 10.00. The number of carbonyl (C=O) groups is 1. The highest BCUT2D eigenvalue weighted by molar-refractivity contribution is 6.11. The van der Waals surface area contributed by atoms with E-state index in [0.717, 1.165) is 29.8 Å². The molecule has 0 N–H and O–H groups in total. The Balaban J connectivity index is 1.40. The summed E-state index contributed by atoms with van der Waals surface area (Å²) in [6.07, 6.45) is 3.15. The van der Waals surface area contributed by atoms with Crippen LogP contribution in [0.15, 0.2) is 60.8 Å². The van der Waals surface area contributed by atoms with E-state index in [1.54, 1.807) is 36.5 Å². The van der Waals surface area contributed by atoms with E-state index in [2.05, 4.69) is 9.97 Å². The maximum Gasteiger partial charge on any atom is 0.195 e. The predicted molar refractivity (Wildman–Crippen MR) is 108 cm³/mol. The number of benzene rings is 2. The molecule has 1 aliphatic rings. The molecule has 4 nitrogen and oxygen atoms in total. The highest BCUT2D eigenvalue weighted by Gasteiger charge is 2.22. The Kier molecular flexibility index (Phi) is 4.47. The van der Waals surface area contributed by atoms with E-state index in [-0.39, 0.29) is 12.4 Å². The highest BCUT2D eigenvalue weighted by Crippen LogP contribution is 2.27. The van der Waals surface area contributed by atoms with Crippen molar-refractivity contribution in [2.75, 3.05) is 0 Å². The van der Waals surface area contributed by atoms with Crippen molar-refractivity contribution in [2.24, 2.45) is 0 Å². The van der Waals surface area contributed by atoms with Crippen molar-refractivity contribution in [1.82, 2.24) is 9.97 Å². The summed E-state index contributed by atoms with van der Waals surface area (Å²) in [7, 11) is 0. The van der Waals surface area contributed by atoms with Gasteiger partial charge < -0.3 is 4.74 Å². The smallest absolute Gasteiger partial charge is 0.195 e. The fourth-order valence-electron chi connectivity index (χ4n) is 3.71. The zero-order valence-corrected chi connectivity index (χ0v) is 15.9. The second-order valence-electron chi connectivity index (χ2n) is 7.20. The van der Waals surface area contributed by atoms with E-state index < -0.39 is 11.6 Å². The van der Waals surface area contributed by atoms with Gasteiger partial charge in [-0.25, -0.2) is 13.8 Å². The molecule has 6 heteroatoms. The molecule has 5 rings (SSSR count). The van der Waals surface area contributed by atoms with E-state index in [4.69, 9.17) is 4.74 Å². The summed E-state index contributed by atoms with van der Waals surface area (Å²) in [4.78, 5) is 21.7. The van der Waals surface area contributed by atoms with Crippen LogP contribution in [0.4, 0.5) is 8.78 Å². The van der Waals surface area contributed by atoms with Gasteiger partial charge in [0.1, 0.15) is 12.4 Å². The maximum atomic E-state index is 13.5. The number of carbonyl (C=O) groups excluding carboxylic acids is 1. The molecule has 0 fully saturated rings. The van der Waals surface area contributed by atoms with Gasteiger partial charge in [0.05, 0.1) is 16.9 Å². The third-order valence-corrected chi connectivity index (χ3v) is 5.27. The lowest BCUT2D eigenvalue weighted by Gasteiger charge is -2.10. The first kappa shape index (κ1) is 18.4. The number of halogens is 2. The Morgan fingerprint density at radius 3 is 2.70 bits per heavy atom. The molecule has 2 aromatic heterocycles. The lowest BCUT2D eigenvalue weighted by molar-refractivity contribution is 0.103. The van der Waals surface area contributed by atoms with Crippen LogP contribution in [0, 0.1) is 11.6 Å². The number of nitrogens with zero attached hydrogens (tertiary/aromatic N) is 2. The van der Waals surface area contributed by atoms with Crippen LogP contribution in [-0.2, 0) is 19.4 Å². The molecule has 1 aliphatic carbocycles. The second kappa shape index (κ2) is 7.30. The fraction of sp³-hybridized carbons (Fsp3) is 0.125. The van der Waals surface area contributed by atoms with Crippen LogP contribution in [-0.4, -0.2) is 15.8 Å². The average molecular weight is 402 g/mol. The Bertz CT molecular complexity index is 1300. The Morgan fingerprint density at radius 1 is 0.933 bits per heavy atom. The molecule has 0 bridgehead atoms. The number of hydrogen-bond donors (Lipinski definition) is 0. The molecule has 0 saturated carbocycles. The first-order valence-corrected chi connectivity index (χ1v) is 9.57. The van der Waals surface area contributed by atoms with E-state index in [9.17, 15) is 13.6 Å². The molecule has 0 spiro atoms. The molecule has 0 radical (unpaired) electrons.